The maximum Gasteiger partial charge on any atom is 0.282 e. The van der Waals surface area contributed by atoms with Gasteiger partial charge in [0.05, 0.1) is 18.1 Å². The molecule has 0 aromatic carbocycles. The van der Waals surface area contributed by atoms with Gasteiger partial charge in [-0.1, -0.05) is 19.8 Å². The van der Waals surface area contributed by atoms with Crippen molar-refractivity contribution >= 4 is 26.0 Å². The minimum absolute atomic E-state index is 0.0657. The van der Waals surface area contributed by atoms with Crippen LogP contribution in [0.4, 0.5) is 0 Å². The van der Waals surface area contributed by atoms with Crippen molar-refractivity contribution in [3.05, 3.63) is 0 Å². The Labute approximate surface area is 144 Å². The molecule has 2 aliphatic rings. The molecule has 140 valence electrons. The van der Waals surface area contributed by atoms with Gasteiger partial charge in [0.2, 0.25) is 5.91 Å². The first-order chi connectivity index (χ1) is 11.2. The number of nitrogens with one attached hydrogen (secondary N) is 1. The van der Waals surface area contributed by atoms with Crippen molar-refractivity contribution in [1.82, 2.24) is 13.9 Å². The number of nitrogens with zero attached hydrogens (tertiary/aromatic N) is 2. The van der Waals surface area contributed by atoms with Crippen molar-refractivity contribution < 1.29 is 21.6 Å². The highest BCUT2D eigenvalue weighted by atomic mass is 32.2. The van der Waals surface area contributed by atoms with Gasteiger partial charge in [-0.3, -0.25) is 4.79 Å². The lowest BCUT2D eigenvalue weighted by molar-refractivity contribution is -0.121. The first-order valence-corrected chi connectivity index (χ1v) is 11.7. The Morgan fingerprint density at radius 2 is 1.83 bits per heavy atom. The molecular weight excluding hydrogens is 354 g/mol. The molecule has 1 amide bonds. The highest BCUT2D eigenvalue weighted by Gasteiger charge is 2.33. The van der Waals surface area contributed by atoms with Crippen LogP contribution in [-0.2, 0) is 24.8 Å². The molecule has 10 heteroatoms. The minimum Gasteiger partial charge on any atom is -0.351 e. The van der Waals surface area contributed by atoms with Crippen molar-refractivity contribution in [3.8, 4) is 0 Å². The van der Waals surface area contributed by atoms with E-state index in [9.17, 15) is 21.6 Å². The summed E-state index contributed by atoms with van der Waals surface area (Å²) in [5.41, 5.74) is 0. The van der Waals surface area contributed by atoms with E-state index in [1.54, 1.807) is 6.92 Å². The molecule has 1 atom stereocenters. The van der Waals surface area contributed by atoms with Gasteiger partial charge in [-0.15, -0.1) is 0 Å². The SMILES string of the molecule is CCN(CC(=O)NC1CCS(=O)(=O)C1)S(=O)(=O)N1CCCCCC1. The second kappa shape index (κ2) is 8.11. The van der Waals surface area contributed by atoms with Gasteiger partial charge in [-0.05, 0) is 19.3 Å². The van der Waals surface area contributed by atoms with Crippen molar-refractivity contribution in [2.24, 2.45) is 0 Å². The summed E-state index contributed by atoms with van der Waals surface area (Å²) in [6.45, 7) is 2.60. The highest BCUT2D eigenvalue weighted by Crippen LogP contribution is 2.16. The van der Waals surface area contributed by atoms with Gasteiger partial charge >= 0.3 is 0 Å². The van der Waals surface area contributed by atoms with Crippen LogP contribution >= 0.6 is 0 Å². The van der Waals surface area contributed by atoms with Crippen LogP contribution in [-0.4, -0.2) is 75.1 Å². The summed E-state index contributed by atoms with van der Waals surface area (Å²) in [6.07, 6.45) is 4.11. The van der Waals surface area contributed by atoms with Gasteiger partial charge < -0.3 is 5.32 Å². The van der Waals surface area contributed by atoms with Gasteiger partial charge in [-0.25, -0.2) is 8.42 Å². The van der Waals surface area contributed by atoms with Crippen molar-refractivity contribution in [3.63, 3.8) is 0 Å². The summed E-state index contributed by atoms with van der Waals surface area (Å²) in [7, 11) is -6.74. The Bertz CT molecular complexity index is 639. The summed E-state index contributed by atoms with van der Waals surface area (Å²) >= 11 is 0. The molecule has 0 aromatic rings. The third-order valence-electron chi connectivity index (χ3n) is 4.49. The molecule has 0 aromatic heterocycles. The largest absolute Gasteiger partial charge is 0.351 e. The van der Waals surface area contributed by atoms with Crippen LogP contribution in [0.15, 0.2) is 0 Å². The fourth-order valence-corrected chi connectivity index (χ4v) is 6.46. The van der Waals surface area contributed by atoms with Gasteiger partial charge in [-0.2, -0.15) is 17.0 Å². The fraction of sp³-hybridized carbons (Fsp3) is 0.929. The van der Waals surface area contributed by atoms with Crippen molar-refractivity contribution in [1.29, 1.82) is 0 Å². The van der Waals surface area contributed by atoms with Gasteiger partial charge in [0.15, 0.2) is 9.84 Å². The second-order valence-electron chi connectivity index (χ2n) is 6.41. The standard InChI is InChI=1S/C14H27N3O5S2/c1-2-16(24(21,22)17-8-5-3-4-6-9-17)11-14(18)15-13-7-10-23(19,20)12-13/h13H,2-12H2,1H3,(H,15,18). The van der Waals surface area contributed by atoms with Crippen molar-refractivity contribution in [2.45, 2.75) is 45.1 Å². The van der Waals surface area contributed by atoms with Crippen LogP contribution in [0, 0.1) is 0 Å². The number of carbonyl (C=O) groups is 1. The number of hydrogen-bond acceptors (Lipinski definition) is 5. The average molecular weight is 382 g/mol. The molecular formula is C14H27N3O5S2. The number of amides is 1. The number of sulfone groups is 1. The minimum atomic E-state index is -3.66. The van der Waals surface area contributed by atoms with E-state index in [0.29, 0.717) is 19.5 Å². The summed E-state index contributed by atoms with van der Waals surface area (Å²) in [6, 6.07) is -0.415. The van der Waals surface area contributed by atoms with E-state index in [1.807, 2.05) is 0 Å². The Morgan fingerprint density at radius 3 is 2.33 bits per heavy atom. The topological polar surface area (TPSA) is 104 Å². The lowest BCUT2D eigenvalue weighted by atomic mass is 10.2. The molecule has 1 unspecified atom stereocenters. The molecule has 2 heterocycles. The van der Waals surface area contributed by atoms with Gasteiger partial charge in [0, 0.05) is 25.7 Å². The maximum absolute atomic E-state index is 12.7. The van der Waals surface area contributed by atoms with E-state index >= 15 is 0 Å². The quantitative estimate of drug-likeness (QED) is 0.682. The molecule has 1 N–H and O–H groups in total. The number of carbonyl (C=O) groups excluding carboxylic acids is 1. The Kier molecular flexibility index (Phi) is 6.63. The molecule has 2 fully saturated rings. The van der Waals surface area contributed by atoms with E-state index in [0.717, 1.165) is 30.0 Å². The zero-order chi connectivity index (χ0) is 17.8. The molecule has 0 aliphatic carbocycles. The molecule has 0 saturated carbocycles. The Hall–Kier alpha value is -0.710. The van der Waals surface area contributed by atoms with Crippen LogP contribution in [0.5, 0.6) is 0 Å². The van der Waals surface area contributed by atoms with E-state index < -0.39 is 32.0 Å². The summed E-state index contributed by atoms with van der Waals surface area (Å²) in [5.74, 6) is -0.442. The number of likely N-dealkylation sites (N-methyl/N-ethyl adjacent to an activating group) is 1. The summed E-state index contributed by atoms with van der Waals surface area (Å²) in [4.78, 5) is 12.1. The van der Waals surface area contributed by atoms with Crippen LogP contribution in [0.25, 0.3) is 0 Å². The molecule has 0 bridgehead atoms. The predicted molar refractivity (Wildman–Crippen MR) is 91.4 cm³/mol. The molecule has 24 heavy (non-hydrogen) atoms. The highest BCUT2D eigenvalue weighted by molar-refractivity contribution is 7.91. The normalized spacial score (nSPS) is 25.5. The smallest absolute Gasteiger partial charge is 0.282 e. The van der Waals surface area contributed by atoms with Gasteiger partial charge in [0.1, 0.15) is 0 Å². The van der Waals surface area contributed by atoms with E-state index in [1.165, 1.54) is 4.31 Å². The Morgan fingerprint density at radius 1 is 1.21 bits per heavy atom. The summed E-state index contributed by atoms with van der Waals surface area (Å²) in [5, 5.41) is 2.64. The van der Waals surface area contributed by atoms with Gasteiger partial charge in [0.25, 0.3) is 10.2 Å². The van der Waals surface area contributed by atoms with Crippen LogP contribution in [0.2, 0.25) is 0 Å². The second-order valence-corrected chi connectivity index (χ2v) is 10.6. The molecule has 0 radical (unpaired) electrons. The van der Waals surface area contributed by atoms with Crippen molar-refractivity contribution in [2.75, 3.05) is 37.7 Å². The number of hydrogen-bond donors (Lipinski definition) is 1. The fourth-order valence-electron chi connectivity index (χ4n) is 3.13. The van der Waals surface area contributed by atoms with Crippen LogP contribution in [0.1, 0.15) is 39.0 Å². The Balaban J connectivity index is 1.96. The lowest BCUT2D eigenvalue weighted by Crippen LogP contribution is -2.49. The molecule has 2 saturated heterocycles. The maximum atomic E-state index is 12.7. The monoisotopic (exact) mass is 381 g/mol. The molecule has 0 spiro atoms. The lowest BCUT2D eigenvalue weighted by Gasteiger charge is -2.28. The zero-order valence-corrected chi connectivity index (χ0v) is 15.7. The predicted octanol–water partition coefficient (Wildman–Crippen LogP) is -0.268. The van der Waals surface area contributed by atoms with E-state index in [-0.39, 0.29) is 24.6 Å². The van der Waals surface area contributed by atoms with Crippen LogP contribution < -0.4 is 5.32 Å². The summed E-state index contributed by atoms with van der Waals surface area (Å²) < 4.78 is 50.9. The molecule has 2 aliphatic heterocycles. The average Bonchev–Trinajstić information content (AvgIpc) is 2.71. The molecule has 8 nitrogen and oxygen atoms in total. The first kappa shape index (κ1) is 19.6. The first-order valence-electron chi connectivity index (χ1n) is 8.49. The van der Waals surface area contributed by atoms with Crippen LogP contribution in [0.3, 0.4) is 0 Å². The van der Waals surface area contributed by atoms with E-state index in [2.05, 4.69) is 5.32 Å². The third-order valence-corrected chi connectivity index (χ3v) is 8.31. The number of rotatable bonds is 6. The molecule has 2 rings (SSSR count). The zero-order valence-electron chi connectivity index (χ0n) is 14.1. The van der Waals surface area contributed by atoms with E-state index in [4.69, 9.17) is 0 Å². The third kappa shape index (κ3) is 5.14.